The number of nitrogens with one attached hydrogen (secondary N) is 2. The molecule has 1 aromatic heterocycles. The van der Waals surface area contributed by atoms with Crippen LogP contribution in [0, 0.1) is 0 Å². The smallest absolute Gasteiger partial charge is 0.382 e. The maximum Gasteiger partial charge on any atom is 0.416 e. The molecule has 7 nitrogen and oxygen atoms in total. The minimum Gasteiger partial charge on any atom is -0.382 e. The summed E-state index contributed by atoms with van der Waals surface area (Å²) in [5.74, 6) is 0.0934. The fourth-order valence-electron chi connectivity index (χ4n) is 3.51. The van der Waals surface area contributed by atoms with E-state index in [1.165, 1.54) is 16.8 Å². The summed E-state index contributed by atoms with van der Waals surface area (Å²) >= 11 is 0. The number of benzene rings is 2. The summed E-state index contributed by atoms with van der Waals surface area (Å²) in [6.07, 6.45) is -2.64. The number of alkyl halides is 3. The van der Waals surface area contributed by atoms with Crippen LogP contribution in [0.25, 0.3) is 16.9 Å². The van der Waals surface area contributed by atoms with Gasteiger partial charge >= 0.3 is 12.2 Å². The maximum atomic E-state index is 12.9. The Morgan fingerprint density at radius 1 is 1.16 bits per heavy atom. The Labute approximate surface area is 182 Å². The van der Waals surface area contributed by atoms with E-state index in [0.717, 1.165) is 25.0 Å². The van der Waals surface area contributed by atoms with Crippen LogP contribution in [0.5, 0.6) is 0 Å². The lowest BCUT2D eigenvalue weighted by Gasteiger charge is -2.12. The summed E-state index contributed by atoms with van der Waals surface area (Å²) < 4.78 is 45.5. The van der Waals surface area contributed by atoms with E-state index < -0.39 is 17.8 Å². The number of aromatic nitrogens is 2. The Morgan fingerprint density at radius 3 is 2.50 bits per heavy atom. The van der Waals surface area contributed by atoms with Gasteiger partial charge in [-0.2, -0.15) is 18.3 Å². The fourth-order valence-corrected chi connectivity index (χ4v) is 3.51. The van der Waals surface area contributed by atoms with Crippen molar-refractivity contribution in [1.82, 2.24) is 15.1 Å². The van der Waals surface area contributed by atoms with Crippen molar-refractivity contribution in [3.05, 3.63) is 60.2 Å². The molecule has 1 aliphatic heterocycles. The third-order valence-electron chi connectivity index (χ3n) is 5.16. The molecular weight excluding hydrogens is 423 g/mol. The first-order valence-electron chi connectivity index (χ1n) is 10.1. The molecule has 3 aromatic rings. The molecule has 0 saturated carbocycles. The summed E-state index contributed by atoms with van der Waals surface area (Å²) in [6, 6.07) is 13.1. The van der Waals surface area contributed by atoms with Crippen LogP contribution in [-0.2, 0) is 10.9 Å². The van der Waals surface area contributed by atoms with Crippen molar-refractivity contribution in [2.45, 2.75) is 25.1 Å². The Balaban J connectivity index is 1.64. The molecule has 1 saturated heterocycles. The molecule has 0 spiro atoms. The van der Waals surface area contributed by atoms with Gasteiger partial charge in [-0.15, -0.1) is 0 Å². The van der Waals surface area contributed by atoms with Gasteiger partial charge in [0.1, 0.15) is 11.4 Å². The van der Waals surface area contributed by atoms with Gasteiger partial charge in [0.2, 0.25) is 0 Å². The summed E-state index contributed by atoms with van der Waals surface area (Å²) in [5, 5.41) is 9.97. The SMILES string of the molecule is Nc1c(NC(=O)NC[C@@H]2CCCO2)c(-c2ccccc2)nn1-c1ccc(C(F)(F)F)cc1. The van der Waals surface area contributed by atoms with E-state index >= 15 is 0 Å². The van der Waals surface area contributed by atoms with Crippen LogP contribution in [0.2, 0.25) is 0 Å². The second kappa shape index (κ2) is 8.91. The summed E-state index contributed by atoms with van der Waals surface area (Å²) in [6.45, 7) is 1.04. The first kappa shape index (κ1) is 21.7. The van der Waals surface area contributed by atoms with E-state index in [4.69, 9.17) is 10.5 Å². The van der Waals surface area contributed by atoms with Crippen LogP contribution >= 0.6 is 0 Å². The Morgan fingerprint density at radius 2 is 1.88 bits per heavy atom. The van der Waals surface area contributed by atoms with E-state index in [1.807, 2.05) is 18.2 Å². The van der Waals surface area contributed by atoms with Gasteiger partial charge in [-0.05, 0) is 37.1 Å². The highest BCUT2D eigenvalue weighted by Gasteiger charge is 2.30. The van der Waals surface area contributed by atoms with Gasteiger partial charge in [0, 0.05) is 18.7 Å². The minimum absolute atomic E-state index is 0.0263. The lowest BCUT2D eigenvalue weighted by Crippen LogP contribution is -2.35. The van der Waals surface area contributed by atoms with Gasteiger partial charge in [-0.25, -0.2) is 9.48 Å². The molecule has 1 fully saturated rings. The molecule has 0 radical (unpaired) electrons. The highest BCUT2D eigenvalue weighted by Crippen LogP contribution is 2.35. The number of ether oxygens (including phenoxy) is 1. The monoisotopic (exact) mass is 445 g/mol. The number of rotatable bonds is 5. The van der Waals surface area contributed by atoms with Gasteiger partial charge in [0.25, 0.3) is 0 Å². The molecule has 1 aliphatic rings. The molecule has 4 rings (SSSR count). The predicted molar refractivity (Wildman–Crippen MR) is 114 cm³/mol. The van der Waals surface area contributed by atoms with Gasteiger partial charge in [0.05, 0.1) is 17.4 Å². The Hall–Kier alpha value is -3.53. The molecular formula is C22H22F3N5O2. The number of nitrogen functional groups attached to an aromatic ring is 1. The van der Waals surface area contributed by atoms with E-state index in [-0.39, 0.29) is 17.6 Å². The average molecular weight is 445 g/mol. The third-order valence-corrected chi connectivity index (χ3v) is 5.16. The highest BCUT2D eigenvalue weighted by molar-refractivity contribution is 5.97. The van der Waals surface area contributed by atoms with Gasteiger partial charge in [-0.1, -0.05) is 30.3 Å². The molecule has 0 unspecified atom stereocenters. The van der Waals surface area contributed by atoms with E-state index in [2.05, 4.69) is 15.7 Å². The maximum absolute atomic E-state index is 12.9. The Bertz CT molecular complexity index is 1080. The standard InChI is InChI=1S/C22H22F3N5O2/c23-22(24,25)15-8-10-16(11-9-15)30-20(26)19(18(29-30)14-5-2-1-3-6-14)28-21(31)27-13-17-7-4-12-32-17/h1-3,5-6,8-11,17H,4,7,12-13,26H2,(H2,27,28,31)/t17-/m0/s1. The third kappa shape index (κ3) is 4.70. The van der Waals surface area contributed by atoms with Crippen LogP contribution in [0.15, 0.2) is 54.6 Å². The van der Waals surface area contributed by atoms with Crippen LogP contribution in [0.4, 0.5) is 29.5 Å². The molecule has 10 heteroatoms. The lowest BCUT2D eigenvalue weighted by atomic mass is 10.1. The largest absolute Gasteiger partial charge is 0.416 e. The quantitative estimate of drug-likeness (QED) is 0.541. The van der Waals surface area contributed by atoms with Crippen LogP contribution < -0.4 is 16.4 Å². The lowest BCUT2D eigenvalue weighted by molar-refractivity contribution is -0.137. The molecule has 2 heterocycles. The number of nitrogens with zero attached hydrogens (tertiary/aromatic N) is 2. The van der Waals surface area contributed by atoms with Crippen molar-refractivity contribution in [3.8, 4) is 16.9 Å². The van der Waals surface area contributed by atoms with E-state index in [1.54, 1.807) is 12.1 Å². The molecule has 32 heavy (non-hydrogen) atoms. The predicted octanol–water partition coefficient (Wildman–Crippen LogP) is 4.44. The van der Waals surface area contributed by atoms with Crippen LogP contribution in [0.1, 0.15) is 18.4 Å². The summed E-state index contributed by atoms with van der Waals surface area (Å²) in [5.41, 5.74) is 7.19. The molecule has 4 N–H and O–H groups in total. The fraction of sp³-hybridized carbons (Fsp3) is 0.273. The van der Waals surface area contributed by atoms with Crippen molar-refractivity contribution in [2.75, 3.05) is 24.2 Å². The zero-order chi connectivity index (χ0) is 22.7. The summed E-state index contributed by atoms with van der Waals surface area (Å²) in [7, 11) is 0. The number of nitrogens with two attached hydrogens (primary N) is 1. The normalized spacial score (nSPS) is 16.2. The molecule has 0 bridgehead atoms. The van der Waals surface area contributed by atoms with Crippen LogP contribution in [-0.4, -0.2) is 35.1 Å². The number of hydrogen-bond donors (Lipinski definition) is 3. The minimum atomic E-state index is -4.45. The molecule has 2 amide bonds. The number of hydrogen-bond acceptors (Lipinski definition) is 4. The van der Waals surface area contributed by atoms with Crippen LogP contribution in [0.3, 0.4) is 0 Å². The number of urea groups is 1. The van der Waals surface area contributed by atoms with Gasteiger partial charge in [0.15, 0.2) is 5.82 Å². The second-order valence-corrected chi connectivity index (χ2v) is 7.40. The zero-order valence-corrected chi connectivity index (χ0v) is 17.0. The molecule has 2 aromatic carbocycles. The van der Waals surface area contributed by atoms with Crippen molar-refractivity contribution in [3.63, 3.8) is 0 Å². The van der Waals surface area contributed by atoms with Crippen molar-refractivity contribution in [2.24, 2.45) is 0 Å². The first-order valence-corrected chi connectivity index (χ1v) is 10.1. The molecule has 168 valence electrons. The number of anilines is 2. The molecule has 1 atom stereocenters. The number of amides is 2. The number of carbonyl (C=O) groups is 1. The topological polar surface area (TPSA) is 94.2 Å². The van der Waals surface area contributed by atoms with Crippen molar-refractivity contribution >= 4 is 17.5 Å². The number of halogens is 3. The van der Waals surface area contributed by atoms with Crippen molar-refractivity contribution < 1.29 is 22.7 Å². The second-order valence-electron chi connectivity index (χ2n) is 7.40. The van der Waals surface area contributed by atoms with E-state index in [9.17, 15) is 18.0 Å². The zero-order valence-electron chi connectivity index (χ0n) is 17.0. The average Bonchev–Trinajstić information content (AvgIpc) is 3.41. The first-order chi connectivity index (χ1) is 15.3. The van der Waals surface area contributed by atoms with E-state index in [0.29, 0.717) is 30.1 Å². The highest BCUT2D eigenvalue weighted by atomic mass is 19.4. The Kier molecular flexibility index (Phi) is 6.04. The van der Waals surface area contributed by atoms with Gasteiger partial charge in [-0.3, -0.25) is 0 Å². The number of carbonyl (C=O) groups excluding carboxylic acids is 1. The summed E-state index contributed by atoms with van der Waals surface area (Å²) in [4.78, 5) is 12.5. The molecule has 0 aliphatic carbocycles. The van der Waals surface area contributed by atoms with Gasteiger partial charge < -0.3 is 21.1 Å². The van der Waals surface area contributed by atoms with Crippen molar-refractivity contribution in [1.29, 1.82) is 0 Å².